The first-order chi connectivity index (χ1) is 11.5. The molecule has 1 aromatic carbocycles. The molecule has 0 bridgehead atoms. The molecule has 1 saturated carbocycles. The maximum absolute atomic E-state index is 12.1. The molecule has 4 rings (SSSR count). The molecule has 2 aromatic heterocycles. The molecule has 0 radical (unpaired) electrons. The van der Waals surface area contributed by atoms with Gasteiger partial charge in [0.1, 0.15) is 0 Å². The number of nitro benzene ring substituents is 1. The topological polar surface area (TPSA) is 70.1 Å². The van der Waals surface area contributed by atoms with Crippen molar-refractivity contribution in [1.82, 2.24) is 9.13 Å². The van der Waals surface area contributed by atoms with E-state index in [4.69, 9.17) is 23.2 Å². The normalized spacial score (nSPS) is 14.2. The summed E-state index contributed by atoms with van der Waals surface area (Å²) in [6.07, 6.45) is 3.74. The van der Waals surface area contributed by atoms with E-state index in [1.807, 2.05) is 6.07 Å². The fourth-order valence-corrected chi connectivity index (χ4v) is 3.60. The van der Waals surface area contributed by atoms with Gasteiger partial charge in [-0.2, -0.15) is 0 Å². The number of benzene rings is 1. The summed E-state index contributed by atoms with van der Waals surface area (Å²) < 4.78 is 3.53. The quantitative estimate of drug-likeness (QED) is 0.513. The summed E-state index contributed by atoms with van der Waals surface area (Å²) in [7, 11) is 0. The summed E-state index contributed by atoms with van der Waals surface area (Å²) in [6.45, 7) is 0. The molecule has 3 aromatic rings. The average molecular weight is 364 g/mol. The fraction of sp³-hybridized carbons (Fsp3) is 0.188. The first kappa shape index (κ1) is 15.2. The van der Waals surface area contributed by atoms with Crippen molar-refractivity contribution in [2.75, 3.05) is 0 Å². The molecule has 0 saturated heterocycles. The van der Waals surface area contributed by atoms with Crippen LogP contribution < -0.4 is 5.56 Å². The van der Waals surface area contributed by atoms with E-state index in [-0.39, 0.29) is 27.3 Å². The van der Waals surface area contributed by atoms with Gasteiger partial charge < -0.3 is 9.13 Å². The van der Waals surface area contributed by atoms with E-state index in [9.17, 15) is 14.9 Å². The summed E-state index contributed by atoms with van der Waals surface area (Å²) in [5.41, 5.74) is 1.83. The predicted octanol–water partition coefficient (Wildman–Crippen LogP) is 4.34. The van der Waals surface area contributed by atoms with Gasteiger partial charge in [0.05, 0.1) is 31.7 Å². The lowest BCUT2D eigenvalue weighted by Gasteiger charge is -2.11. The van der Waals surface area contributed by atoms with Crippen LogP contribution in [0.3, 0.4) is 0 Å². The zero-order chi connectivity index (χ0) is 17.0. The minimum absolute atomic E-state index is 0.0383. The minimum atomic E-state index is -0.542. The third kappa shape index (κ3) is 2.30. The van der Waals surface area contributed by atoms with Crippen LogP contribution in [-0.2, 0) is 0 Å². The van der Waals surface area contributed by atoms with Gasteiger partial charge in [-0.05, 0) is 25.0 Å². The predicted molar refractivity (Wildman–Crippen MR) is 92.5 cm³/mol. The van der Waals surface area contributed by atoms with E-state index in [0.717, 1.165) is 23.9 Å². The highest BCUT2D eigenvalue weighted by atomic mass is 35.5. The summed E-state index contributed by atoms with van der Waals surface area (Å²) in [5.74, 6) is 0. The molecule has 24 heavy (non-hydrogen) atoms. The van der Waals surface area contributed by atoms with Gasteiger partial charge in [-0.15, -0.1) is 0 Å². The summed E-state index contributed by atoms with van der Waals surface area (Å²) in [4.78, 5) is 22.5. The molecule has 0 N–H and O–H groups in total. The highest BCUT2D eigenvalue weighted by Gasteiger charge is 2.27. The van der Waals surface area contributed by atoms with Gasteiger partial charge >= 0.3 is 0 Å². The Hall–Kier alpha value is -2.31. The minimum Gasteiger partial charge on any atom is -0.312 e. The number of halogens is 2. The second-order valence-electron chi connectivity index (χ2n) is 5.74. The van der Waals surface area contributed by atoms with Crippen LogP contribution in [-0.4, -0.2) is 14.1 Å². The molecule has 0 unspecified atom stereocenters. The molecule has 1 aliphatic rings. The zero-order valence-corrected chi connectivity index (χ0v) is 13.8. The van der Waals surface area contributed by atoms with Crippen molar-refractivity contribution >= 4 is 39.9 Å². The number of pyridine rings is 1. The van der Waals surface area contributed by atoms with E-state index >= 15 is 0 Å². The van der Waals surface area contributed by atoms with Crippen LogP contribution in [0.2, 0.25) is 10.0 Å². The number of nitrogens with zero attached hydrogens (tertiary/aromatic N) is 3. The van der Waals surface area contributed by atoms with Crippen molar-refractivity contribution in [1.29, 1.82) is 0 Å². The molecule has 0 amide bonds. The van der Waals surface area contributed by atoms with E-state index in [2.05, 4.69) is 0 Å². The van der Waals surface area contributed by atoms with Crippen LogP contribution in [0.15, 0.2) is 41.3 Å². The van der Waals surface area contributed by atoms with E-state index in [1.165, 1.54) is 18.2 Å². The molecule has 1 aliphatic carbocycles. The van der Waals surface area contributed by atoms with Gasteiger partial charge in [-0.1, -0.05) is 23.2 Å². The lowest BCUT2D eigenvalue weighted by molar-refractivity contribution is -0.384. The Morgan fingerprint density at radius 3 is 2.33 bits per heavy atom. The highest BCUT2D eigenvalue weighted by molar-refractivity contribution is 6.38. The number of rotatable bonds is 3. The molecule has 0 aliphatic heterocycles. The molecule has 1 fully saturated rings. The van der Waals surface area contributed by atoms with Crippen LogP contribution in [0.4, 0.5) is 5.69 Å². The van der Waals surface area contributed by atoms with Crippen molar-refractivity contribution in [2.24, 2.45) is 0 Å². The Labute approximate surface area is 146 Å². The summed E-state index contributed by atoms with van der Waals surface area (Å²) >= 11 is 12.5. The van der Waals surface area contributed by atoms with E-state index in [1.54, 1.807) is 21.4 Å². The Balaban J connectivity index is 1.97. The van der Waals surface area contributed by atoms with Crippen molar-refractivity contribution in [3.63, 3.8) is 0 Å². The number of aromatic nitrogens is 2. The van der Waals surface area contributed by atoms with Gasteiger partial charge in [0.25, 0.3) is 11.2 Å². The Bertz CT molecular complexity index is 1030. The standard InChI is InChI=1S/C16H11Cl2N3O3/c17-11-7-10(21(23)24)8-12(18)16(11)19-6-5-14-13(19)3-4-15(22)20(14)9-1-2-9/h3-9H,1-2H2. The van der Waals surface area contributed by atoms with Gasteiger partial charge in [0.2, 0.25) is 0 Å². The number of non-ortho nitro benzene ring substituents is 1. The number of hydrogen-bond donors (Lipinski definition) is 0. The van der Waals surface area contributed by atoms with Crippen molar-refractivity contribution < 1.29 is 4.92 Å². The Morgan fingerprint density at radius 1 is 1.08 bits per heavy atom. The highest BCUT2D eigenvalue weighted by Crippen LogP contribution is 2.38. The average Bonchev–Trinajstić information content (AvgIpc) is 3.27. The maximum Gasteiger partial charge on any atom is 0.272 e. The van der Waals surface area contributed by atoms with E-state index in [0.29, 0.717) is 5.69 Å². The van der Waals surface area contributed by atoms with Crippen molar-refractivity contribution in [3.05, 3.63) is 67.0 Å². The molecule has 6 nitrogen and oxygen atoms in total. The molecule has 122 valence electrons. The van der Waals surface area contributed by atoms with Gasteiger partial charge in [-0.3, -0.25) is 14.9 Å². The Kier molecular flexibility index (Phi) is 3.40. The van der Waals surface area contributed by atoms with Crippen molar-refractivity contribution in [2.45, 2.75) is 18.9 Å². The fourth-order valence-electron chi connectivity index (χ4n) is 2.94. The summed E-state index contributed by atoms with van der Waals surface area (Å²) in [6, 6.07) is 7.84. The number of nitro groups is 1. The molecule has 2 heterocycles. The van der Waals surface area contributed by atoms with Crippen LogP contribution in [0, 0.1) is 10.1 Å². The van der Waals surface area contributed by atoms with Gasteiger partial charge in [0, 0.05) is 30.4 Å². The molecule has 8 heteroatoms. The number of fused-ring (bicyclic) bond motifs is 1. The van der Waals surface area contributed by atoms with Crippen molar-refractivity contribution in [3.8, 4) is 5.69 Å². The smallest absolute Gasteiger partial charge is 0.272 e. The Morgan fingerprint density at radius 2 is 1.75 bits per heavy atom. The third-order valence-corrected chi connectivity index (χ3v) is 4.73. The van der Waals surface area contributed by atoms with Crippen LogP contribution >= 0.6 is 23.2 Å². The SMILES string of the molecule is O=c1ccc2c(ccn2-c2c(Cl)cc([N+](=O)[O-])cc2Cl)n1C1CC1. The lowest BCUT2D eigenvalue weighted by atomic mass is 10.2. The summed E-state index contributed by atoms with van der Waals surface area (Å²) in [5, 5.41) is 11.3. The first-order valence-electron chi connectivity index (χ1n) is 7.34. The maximum atomic E-state index is 12.1. The largest absolute Gasteiger partial charge is 0.312 e. The molecule has 0 spiro atoms. The third-order valence-electron chi connectivity index (χ3n) is 4.15. The monoisotopic (exact) mass is 363 g/mol. The number of hydrogen-bond acceptors (Lipinski definition) is 3. The second kappa shape index (κ2) is 5.36. The van der Waals surface area contributed by atoms with Gasteiger partial charge in [0.15, 0.2) is 0 Å². The zero-order valence-electron chi connectivity index (χ0n) is 12.3. The van der Waals surface area contributed by atoms with E-state index < -0.39 is 4.92 Å². The first-order valence-corrected chi connectivity index (χ1v) is 8.09. The molecular weight excluding hydrogens is 353 g/mol. The van der Waals surface area contributed by atoms with Crippen LogP contribution in [0.5, 0.6) is 0 Å². The second-order valence-corrected chi connectivity index (χ2v) is 6.56. The van der Waals surface area contributed by atoms with Gasteiger partial charge in [-0.25, -0.2) is 0 Å². The van der Waals surface area contributed by atoms with Crippen LogP contribution in [0.25, 0.3) is 16.7 Å². The molecule has 0 atom stereocenters. The van der Waals surface area contributed by atoms with Crippen LogP contribution in [0.1, 0.15) is 18.9 Å². The molecular formula is C16H11Cl2N3O3. The lowest BCUT2D eigenvalue weighted by Crippen LogP contribution is -2.17.